The fraction of sp³-hybridized carbons (Fsp3) is 0.0769. The van der Waals surface area contributed by atoms with Crippen LogP contribution in [0.25, 0.3) is 45.0 Å². The SMILES string of the molecule is FC(F)(F)c1ccc(-c2cc(-c3cccc(-c4cc(-c5ccc(C(F)(F)F)cc5)[nH]n4)c3)n[nH]2)cc1. The largest absolute Gasteiger partial charge is 0.416 e. The number of halogens is 6. The van der Waals surface area contributed by atoms with Crippen LogP contribution in [0.2, 0.25) is 0 Å². The third kappa shape index (κ3) is 4.74. The van der Waals surface area contributed by atoms with Crippen LogP contribution < -0.4 is 0 Å². The summed E-state index contributed by atoms with van der Waals surface area (Å²) in [6.45, 7) is 0. The van der Waals surface area contributed by atoms with Crippen LogP contribution >= 0.6 is 0 Å². The Labute approximate surface area is 200 Å². The molecular formula is C26H16F6N4. The van der Waals surface area contributed by atoms with Crippen molar-refractivity contribution in [3.05, 3.63) is 96.1 Å². The number of benzene rings is 3. The van der Waals surface area contributed by atoms with Gasteiger partial charge in [-0.25, -0.2) is 0 Å². The number of alkyl halides is 6. The smallest absolute Gasteiger partial charge is 0.277 e. The van der Waals surface area contributed by atoms with E-state index >= 15 is 0 Å². The average Bonchev–Trinajstić information content (AvgIpc) is 3.54. The van der Waals surface area contributed by atoms with Crippen LogP contribution in [0.4, 0.5) is 26.3 Å². The molecule has 0 spiro atoms. The topological polar surface area (TPSA) is 57.4 Å². The standard InChI is InChI=1S/C26H16F6N4/c27-25(28,29)19-8-4-15(5-9-19)21-13-23(35-33-21)17-2-1-3-18(12-17)24-14-22(34-36-24)16-6-10-20(11-7-16)26(30,31)32/h1-14H,(H,33,35)(H,34,36). The summed E-state index contributed by atoms with van der Waals surface area (Å²) in [5.74, 6) is 0. The van der Waals surface area contributed by atoms with Gasteiger partial charge >= 0.3 is 12.4 Å². The van der Waals surface area contributed by atoms with Gasteiger partial charge < -0.3 is 0 Å². The molecule has 0 fully saturated rings. The van der Waals surface area contributed by atoms with E-state index in [0.29, 0.717) is 33.9 Å². The molecule has 3 aromatic carbocycles. The van der Waals surface area contributed by atoms with Gasteiger partial charge in [0.05, 0.1) is 33.9 Å². The molecule has 0 saturated carbocycles. The number of hydrogen-bond donors (Lipinski definition) is 2. The van der Waals surface area contributed by atoms with E-state index in [1.54, 1.807) is 12.1 Å². The highest BCUT2D eigenvalue weighted by atomic mass is 19.4. The van der Waals surface area contributed by atoms with Gasteiger partial charge in [0.2, 0.25) is 0 Å². The predicted octanol–water partition coefficient (Wildman–Crippen LogP) is 7.84. The zero-order valence-corrected chi connectivity index (χ0v) is 18.2. The molecule has 10 heteroatoms. The Morgan fingerprint density at radius 3 is 1.22 bits per heavy atom. The number of aromatic nitrogens is 4. The lowest BCUT2D eigenvalue weighted by Gasteiger charge is -2.06. The van der Waals surface area contributed by atoms with E-state index < -0.39 is 23.5 Å². The minimum Gasteiger partial charge on any atom is -0.277 e. The van der Waals surface area contributed by atoms with Gasteiger partial charge in [0, 0.05) is 11.1 Å². The summed E-state index contributed by atoms with van der Waals surface area (Å²) in [5, 5.41) is 14.3. The fourth-order valence-corrected chi connectivity index (χ4v) is 3.75. The highest BCUT2D eigenvalue weighted by Gasteiger charge is 2.30. The fourth-order valence-electron chi connectivity index (χ4n) is 3.75. The van der Waals surface area contributed by atoms with Crippen LogP contribution in [0.5, 0.6) is 0 Å². The molecule has 0 radical (unpaired) electrons. The minimum absolute atomic E-state index is 0.561. The second-order valence-corrected chi connectivity index (χ2v) is 8.06. The Bertz CT molecular complexity index is 1380. The lowest BCUT2D eigenvalue weighted by molar-refractivity contribution is -0.138. The van der Waals surface area contributed by atoms with Crippen molar-refractivity contribution in [2.75, 3.05) is 0 Å². The molecule has 2 heterocycles. The molecule has 0 amide bonds. The maximum atomic E-state index is 12.8. The summed E-state index contributed by atoms with van der Waals surface area (Å²) in [5.41, 5.74) is 3.47. The molecule has 4 nitrogen and oxygen atoms in total. The molecule has 5 rings (SSSR count). The Morgan fingerprint density at radius 1 is 0.472 bits per heavy atom. The summed E-state index contributed by atoms with van der Waals surface area (Å²) in [6, 6.07) is 20.4. The maximum Gasteiger partial charge on any atom is 0.416 e. The van der Waals surface area contributed by atoms with Gasteiger partial charge in [0.15, 0.2) is 0 Å². The number of rotatable bonds is 4. The Hall–Kier alpha value is -4.34. The van der Waals surface area contributed by atoms with Crippen LogP contribution in [0.1, 0.15) is 11.1 Å². The first kappa shape index (κ1) is 23.4. The van der Waals surface area contributed by atoms with E-state index in [1.807, 2.05) is 24.3 Å². The minimum atomic E-state index is -4.41. The number of nitrogens with one attached hydrogen (secondary N) is 2. The molecular weight excluding hydrogens is 482 g/mol. The summed E-state index contributed by atoms with van der Waals surface area (Å²) in [4.78, 5) is 0. The Balaban J connectivity index is 1.38. The van der Waals surface area contributed by atoms with E-state index in [1.165, 1.54) is 24.3 Å². The van der Waals surface area contributed by atoms with Crippen molar-refractivity contribution in [3.8, 4) is 45.0 Å². The molecule has 0 atom stereocenters. The summed E-state index contributed by atoms with van der Waals surface area (Å²) in [7, 11) is 0. The molecule has 0 bridgehead atoms. The third-order valence-electron chi connectivity index (χ3n) is 5.66. The van der Waals surface area contributed by atoms with Crippen molar-refractivity contribution < 1.29 is 26.3 Å². The van der Waals surface area contributed by atoms with Crippen molar-refractivity contribution in [1.29, 1.82) is 0 Å². The molecule has 0 aliphatic heterocycles. The summed E-state index contributed by atoms with van der Waals surface area (Å²) in [6.07, 6.45) is -8.81. The highest BCUT2D eigenvalue weighted by Crippen LogP contribution is 2.33. The van der Waals surface area contributed by atoms with Gasteiger partial charge in [-0.1, -0.05) is 42.5 Å². The first-order valence-electron chi connectivity index (χ1n) is 10.6. The third-order valence-corrected chi connectivity index (χ3v) is 5.66. The molecule has 36 heavy (non-hydrogen) atoms. The molecule has 5 aromatic rings. The van der Waals surface area contributed by atoms with Gasteiger partial charge in [0.25, 0.3) is 0 Å². The normalized spacial score (nSPS) is 12.2. The molecule has 0 saturated heterocycles. The summed E-state index contributed by atoms with van der Waals surface area (Å²) < 4.78 is 76.9. The van der Waals surface area contributed by atoms with Crippen molar-refractivity contribution in [2.24, 2.45) is 0 Å². The van der Waals surface area contributed by atoms with Crippen molar-refractivity contribution in [3.63, 3.8) is 0 Å². The van der Waals surface area contributed by atoms with Gasteiger partial charge in [-0.05, 0) is 53.6 Å². The molecule has 2 aromatic heterocycles. The van der Waals surface area contributed by atoms with E-state index in [2.05, 4.69) is 20.4 Å². The molecule has 0 aliphatic carbocycles. The molecule has 0 aliphatic rings. The van der Waals surface area contributed by atoms with Crippen molar-refractivity contribution in [1.82, 2.24) is 20.4 Å². The van der Waals surface area contributed by atoms with E-state index in [4.69, 9.17) is 0 Å². The number of aromatic amines is 2. The van der Waals surface area contributed by atoms with E-state index in [9.17, 15) is 26.3 Å². The highest BCUT2D eigenvalue weighted by molar-refractivity contribution is 5.74. The van der Waals surface area contributed by atoms with Crippen LogP contribution in [-0.2, 0) is 12.4 Å². The first-order valence-corrected chi connectivity index (χ1v) is 10.6. The van der Waals surface area contributed by atoms with E-state index in [0.717, 1.165) is 35.4 Å². The van der Waals surface area contributed by atoms with Crippen LogP contribution in [0, 0.1) is 0 Å². The maximum absolute atomic E-state index is 12.8. The number of nitrogens with zero attached hydrogens (tertiary/aromatic N) is 2. The van der Waals surface area contributed by atoms with Crippen LogP contribution in [0.3, 0.4) is 0 Å². The van der Waals surface area contributed by atoms with Crippen molar-refractivity contribution >= 4 is 0 Å². The zero-order chi connectivity index (χ0) is 25.5. The zero-order valence-electron chi connectivity index (χ0n) is 18.2. The monoisotopic (exact) mass is 498 g/mol. The lowest BCUT2D eigenvalue weighted by atomic mass is 10.0. The van der Waals surface area contributed by atoms with Gasteiger partial charge in [-0.15, -0.1) is 0 Å². The molecule has 2 N–H and O–H groups in total. The first-order chi connectivity index (χ1) is 17.1. The molecule has 182 valence electrons. The van der Waals surface area contributed by atoms with Crippen LogP contribution in [0.15, 0.2) is 84.9 Å². The lowest BCUT2D eigenvalue weighted by Crippen LogP contribution is -2.03. The number of H-pyrrole nitrogens is 2. The molecule has 0 unspecified atom stereocenters. The number of hydrogen-bond acceptors (Lipinski definition) is 2. The van der Waals surface area contributed by atoms with E-state index in [-0.39, 0.29) is 0 Å². The second-order valence-electron chi connectivity index (χ2n) is 8.06. The van der Waals surface area contributed by atoms with Crippen molar-refractivity contribution in [2.45, 2.75) is 12.4 Å². The average molecular weight is 498 g/mol. The Morgan fingerprint density at radius 2 is 0.861 bits per heavy atom. The summed E-state index contributed by atoms with van der Waals surface area (Å²) >= 11 is 0. The van der Waals surface area contributed by atoms with Gasteiger partial charge in [-0.3, -0.25) is 10.2 Å². The van der Waals surface area contributed by atoms with Crippen LogP contribution in [-0.4, -0.2) is 20.4 Å². The quantitative estimate of drug-likeness (QED) is 0.248. The Kier molecular flexibility index (Phi) is 5.66. The van der Waals surface area contributed by atoms with Gasteiger partial charge in [0.1, 0.15) is 0 Å². The predicted molar refractivity (Wildman–Crippen MR) is 122 cm³/mol. The second kappa shape index (κ2) is 8.71. The van der Waals surface area contributed by atoms with Gasteiger partial charge in [-0.2, -0.15) is 36.5 Å².